The van der Waals surface area contributed by atoms with Crippen LogP contribution >= 0.6 is 0 Å². The fourth-order valence-corrected chi connectivity index (χ4v) is 3.05. The second-order valence-electron chi connectivity index (χ2n) is 6.81. The highest BCUT2D eigenvalue weighted by atomic mass is 16.2. The van der Waals surface area contributed by atoms with Gasteiger partial charge in [0.1, 0.15) is 0 Å². The van der Waals surface area contributed by atoms with Crippen molar-refractivity contribution in [2.75, 3.05) is 10.6 Å². The summed E-state index contributed by atoms with van der Waals surface area (Å²) in [4.78, 5) is 12.4. The lowest BCUT2D eigenvalue weighted by Crippen LogP contribution is -2.22. The van der Waals surface area contributed by atoms with Crippen LogP contribution in [0.3, 0.4) is 0 Å². The van der Waals surface area contributed by atoms with Gasteiger partial charge < -0.3 is 33.6 Å². The lowest BCUT2D eigenvalue weighted by atomic mass is 10.1. The number of aryl methyl sites for hydroxylation is 1. The second kappa shape index (κ2) is 9.39. The van der Waals surface area contributed by atoms with E-state index in [0.717, 1.165) is 35.2 Å². The molecule has 1 aliphatic rings. The Balaban J connectivity index is 1.63. The fourth-order valence-electron chi connectivity index (χ4n) is 3.05. The zero-order chi connectivity index (χ0) is 22.4. The molecule has 1 aliphatic carbocycles. The number of rotatable bonds is 5. The molecule has 0 saturated heterocycles. The van der Waals surface area contributed by atoms with Gasteiger partial charge in [-0.25, -0.2) is 4.79 Å². The maximum Gasteiger partial charge on any atom is 0.323 e. The smallest absolute Gasteiger partial charge is 0.323 e. The molecule has 0 radical (unpaired) electrons. The molecule has 0 aromatic heterocycles. The Bertz CT molecular complexity index is 1090. The zero-order valence-electron chi connectivity index (χ0n) is 17.0. The van der Waals surface area contributed by atoms with Gasteiger partial charge in [-0.15, -0.1) is 10.2 Å². The van der Waals surface area contributed by atoms with Crippen LogP contribution in [0, 0.1) is 0 Å². The van der Waals surface area contributed by atoms with Gasteiger partial charge in [0.25, 0.3) is 0 Å². The normalized spacial score (nSPS) is 14.0. The summed E-state index contributed by atoms with van der Waals surface area (Å²) in [6.07, 6.45) is 1.54. The van der Waals surface area contributed by atoms with Crippen molar-refractivity contribution in [1.82, 2.24) is 0 Å². The number of urea groups is 1. The fraction of sp³-hybridized carbons (Fsp3) is 0.150. The van der Waals surface area contributed by atoms with E-state index in [4.69, 9.17) is 22.9 Å². The van der Waals surface area contributed by atoms with Crippen molar-refractivity contribution in [3.05, 3.63) is 59.2 Å². The summed E-state index contributed by atoms with van der Waals surface area (Å²) >= 11 is 0. The van der Waals surface area contributed by atoms with Crippen LogP contribution in [0.4, 0.5) is 16.2 Å². The van der Waals surface area contributed by atoms with Gasteiger partial charge in [0.2, 0.25) is 11.9 Å². The Kier molecular flexibility index (Phi) is 6.45. The number of hydrogen-bond acceptors (Lipinski definition) is 5. The molecule has 0 aliphatic heterocycles. The number of anilines is 2. The predicted octanol–water partition coefficient (Wildman–Crippen LogP) is 1.25. The SMILES string of the molecule is C/C(=N\N=C(N)N)c1ccc(NC(=O)Nc2ccc3c(c2)CC/C3=N\N=C(N)N)cc1. The Morgan fingerprint density at radius 3 is 2.16 bits per heavy atom. The van der Waals surface area contributed by atoms with Crippen molar-refractivity contribution in [3.63, 3.8) is 0 Å². The molecule has 0 atom stereocenters. The zero-order valence-corrected chi connectivity index (χ0v) is 17.0. The van der Waals surface area contributed by atoms with Crippen LogP contribution in [-0.4, -0.2) is 29.4 Å². The van der Waals surface area contributed by atoms with Crippen LogP contribution in [0.15, 0.2) is 62.9 Å². The minimum atomic E-state index is -0.356. The summed E-state index contributed by atoms with van der Waals surface area (Å²) in [5.74, 6) is -0.196. The van der Waals surface area contributed by atoms with E-state index in [1.807, 2.05) is 24.3 Å². The van der Waals surface area contributed by atoms with Crippen molar-refractivity contribution in [2.24, 2.45) is 43.3 Å². The number of guanidine groups is 2. The molecule has 0 unspecified atom stereocenters. The third-order valence-corrected chi connectivity index (χ3v) is 4.47. The average molecular weight is 420 g/mol. The molecule has 0 bridgehead atoms. The molecule has 31 heavy (non-hydrogen) atoms. The van der Waals surface area contributed by atoms with Crippen LogP contribution in [-0.2, 0) is 6.42 Å². The topological polar surface area (TPSA) is 195 Å². The van der Waals surface area contributed by atoms with Crippen molar-refractivity contribution >= 4 is 40.7 Å². The van der Waals surface area contributed by atoms with E-state index in [-0.39, 0.29) is 18.0 Å². The van der Waals surface area contributed by atoms with Crippen LogP contribution in [0.2, 0.25) is 0 Å². The number of amides is 2. The molecular formula is C20H24N10O. The molecule has 2 amide bonds. The van der Waals surface area contributed by atoms with Gasteiger partial charge in [-0.2, -0.15) is 10.2 Å². The number of nitrogens with one attached hydrogen (secondary N) is 2. The molecule has 0 fully saturated rings. The predicted molar refractivity (Wildman–Crippen MR) is 124 cm³/mol. The molecular weight excluding hydrogens is 396 g/mol. The van der Waals surface area contributed by atoms with E-state index in [0.29, 0.717) is 17.1 Å². The standard InChI is InChI=1S/C20H24N10O/c1-11(27-29-18(21)22)12-2-5-14(6-3-12)25-20(31)26-15-7-8-16-13(10-15)4-9-17(16)28-30-19(23)24/h2-3,5-8,10H,4,9H2,1H3,(H4,21,22,29)(H4,23,24,30)(H2,25,26,31)/b27-11+,28-17+. The molecule has 0 saturated carbocycles. The third kappa shape index (κ3) is 5.79. The number of nitrogens with two attached hydrogens (primary N) is 4. The number of hydrogen-bond donors (Lipinski definition) is 6. The van der Waals surface area contributed by atoms with Crippen molar-refractivity contribution in [1.29, 1.82) is 0 Å². The van der Waals surface area contributed by atoms with Gasteiger partial charge in [0.15, 0.2) is 0 Å². The average Bonchev–Trinajstić information content (AvgIpc) is 3.13. The second-order valence-corrected chi connectivity index (χ2v) is 6.81. The quantitative estimate of drug-likeness (QED) is 0.240. The summed E-state index contributed by atoms with van der Waals surface area (Å²) in [5.41, 5.74) is 26.8. The first kappa shape index (κ1) is 21.3. The lowest BCUT2D eigenvalue weighted by molar-refractivity contribution is 0.262. The van der Waals surface area contributed by atoms with Crippen LogP contribution < -0.4 is 33.6 Å². The van der Waals surface area contributed by atoms with Gasteiger partial charge in [0.05, 0.1) is 11.4 Å². The Labute approximate surface area is 179 Å². The molecule has 0 heterocycles. The number of nitrogens with zero attached hydrogens (tertiary/aromatic N) is 4. The number of benzene rings is 2. The molecule has 11 nitrogen and oxygen atoms in total. The highest BCUT2D eigenvalue weighted by molar-refractivity contribution is 6.06. The summed E-state index contributed by atoms with van der Waals surface area (Å²) in [7, 11) is 0. The minimum Gasteiger partial charge on any atom is -0.369 e. The van der Waals surface area contributed by atoms with Gasteiger partial charge in [-0.3, -0.25) is 0 Å². The molecule has 3 rings (SSSR count). The Morgan fingerprint density at radius 1 is 0.839 bits per heavy atom. The summed E-state index contributed by atoms with van der Waals surface area (Å²) in [5, 5.41) is 21.0. The van der Waals surface area contributed by atoms with E-state index in [2.05, 4.69) is 31.0 Å². The summed E-state index contributed by atoms with van der Waals surface area (Å²) in [6.45, 7) is 1.78. The van der Waals surface area contributed by atoms with E-state index >= 15 is 0 Å². The van der Waals surface area contributed by atoms with Crippen LogP contribution in [0.1, 0.15) is 30.0 Å². The monoisotopic (exact) mass is 420 g/mol. The maximum atomic E-state index is 12.4. The van der Waals surface area contributed by atoms with Crippen molar-refractivity contribution in [2.45, 2.75) is 19.8 Å². The summed E-state index contributed by atoms with van der Waals surface area (Å²) in [6, 6.07) is 12.4. The molecule has 2 aromatic carbocycles. The van der Waals surface area contributed by atoms with Crippen molar-refractivity contribution < 1.29 is 4.79 Å². The number of fused-ring (bicyclic) bond motifs is 1. The van der Waals surface area contributed by atoms with E-state index in [9.17, 15) is 4.79 Å². The van der Waals surface area contributed by atoms with Gasteiger partial charge >= 0.3 is 6.03 Å². The molecule has 0 spiro atoms. The number of carbonyl (C=O) groups is 1. The minimum absolute atomic E-state index is 0.0832. The molecule has 160 valence electrons. The maximum absolute atomic E-state index is 12.4. The van der Waals surface area contributed by atoms with Crippen molar-refractivity contribution in [3.8, 4) is 0 Å². The number of carbonyl (C=O) groups excluding carboxylic acids is 1. The van der Waals surface area contributed by atoms with Gasteiger partial charge in [-0.05, 0) is 55.2 Å². The lowest BCUT2D eigenvalue weighted by Gasteiger charge is -2.10. The molecule has 11 heteroatoms. The van der Waals surface area contributed by atoms with E-state index in [1.165, 1.54) is 0 Å². The first-order valence-corrected chi connectivity index (χ1v) is 9.42. The van der Waals surface area contributed by atoms with Gasteiger partial charge in [-0.1, -0.05) is 18.2 Å². The summed E-state index contributed by atoms with van der Waals surface area (Å²) < 4.78 is 0. The van der Waals surface area contributed by atoms with E-state index < -0.39 is 0 Å². The van der Waals surface area contributed by atoms with Gasteiger partial charge in [0, 0.05) is 16.9 Å². The Morgan fingerprint density at radius 2 is 1.48 bits per heavy atom. The molecule has 10 N–H and O–H groups in total. The van der Waals surface area contributed by atoms with Crippen LogP contribution in [0.25, 0.3) is 0 Å². The third-order valence-electron chi connectivity index (χ3n) is 4.47. The largest absolute Gasteiger partial charge is 0.369 e. The Hall–Kier alpha value is -4.41. The van der Waals surface area contributed by atoms with Crippen LogP contribution in [0.5, 0.6) is 0 Å². The first-order chi connectivity index (χ1) is 14.8. The first-order valence-electron chi connectivity index (χ1n) is 9.42. The highest BCUT2D eigenvalue weighted by Gasteiger charge is 2.18. The van der Waals surface area contributed by atoms with E-state index in [1.54, 1.807) is 25.1 Å². The molecule has 2 aromatic rings. The highest BCUT2D eigenvalue weighted by Crippen LogP contribution is 2.26.